The van der Waals surface area contributed by atoms with Gasteiger partial charge < -0.3 is 65.1 Å². The Morgan fingerprint density at radius 2 is 0.795 bits per heavy atom. The lowest BCUT2D eigenvalue weighted by Crippen LogP contribution is -2.65. The molecule has 0 aromatic carbocycles. The van der Waals surface area contributed by atoms with Gasteiger partial charge in [0, 0.05) is 6.42 Å². The van der Waals surface area contributed by atoms with Gasteiger partial charge in [0.25, 0.3) is 0 Å². The summed E-state index contributed by atoms with van der Waals surface area (Å²) in [6.45, 7) is 2.84. The van der Waals surface area contributed by atoms with Crippen LogP contribution in [-0.2, 0) is 23.7 Å². The number of allylic oxidation sites excluding steroid dienone is 1. The number of hydrogen-bond donors (Lipinski definition) is 9. The lowest BCUT2D eigenvalue weighted by molar-refractivity contribution is -0.359. The molecule has 12 unspecified atom stereocenters. The van der Waals surface area contributed by atoms with Gasteiger partial charge >= 0.3 is 0 Å². The summed E-state index contributed by atoms with van der Waals surface area (Å²) in [5.41, 5.74) is 0. The first kappa shape index (κ1) is 72.8. The van der Waals surface area contributed by atoms with E-state index in [1.807, 2.05) is 6.08 Å². The molecular weight excluding hydrogens is 991 g/mol. The molecule has 2 aliphatic rings. The van der Waals surface area contributed by atoms with Crippen molar-refractivity contribution in [2.75, 3.05) is 19.8 Å². The molecule has 0 aromatic heterocycles. The molecule has 78 heavy (non-hydrogen) atoms. The Morgan fingerprint density at radius 1 is 0.449 bits per heavy atom. The fraction of sp³-hybridized carbons (Fsp3) is 0.953. The van der Waals surface area contributed by atoms with E-state index in [1.54, 1.807) is 6.08 Å². The standard InChI is InChI=1S/C64H123NO13/c1-3-5-7-9-11-13-15-17-19-21-22-23-24-25-26-27-28-29-30-31-32-33-35-37-39-41-43-45-47-53(68)52(65-56(69)48-46-44-42-40-38-36-34-20-18-16-14-12-10-8-6-4-2)51-75-63-61(74)59(72)62(55(50-67)77-63)78-64-60(73)58(71)57(70)54(49-66)76-64/h45,47,52-55,57-64,66-68,70-74H,3-44,46,48-51H2,1-2H3,(H,65,69)/b47-45+. The fourth-order valence-corrected chi connectivity index (χ4v) is 11.2. The van der Waals surface area contributed by atoms with Gasteiger partial charge in [-0.25, -0.2) is 0 Å². The molecule has 0 saturated carbocycles. The summed E-state index contributed by atoms with van der Waals surface area (Å²) in [5, 5.41) is 87.2. The van der Waals surface area contributed by atoms with Crippen molar-refractivity contribution in [3.63, 3.8) is 0 Å². The smallest absolute Gasteiger partial charge is 0.220 e. The van der Waals surface area contributed by atoms with E-state index in [2.05, 4.69) is 19.2 Å². The molecule has 0 aromatic rings. The number of ether oxygens (including phenoxy) is 4. The number of unbranched alkanes of at least 4 members (excludes halogenated alkanes) is 41. The third-order valence-electron chi connectivity index (χ3n) is 16.5. The van der Waals surface area contributed by atoms with Gasteiger partial charge in [-0.1, -0.05) is 283 Å². The van der Waals surface area contributed by atoms with Crippen molar-refractivity contribution in [3.8, 4) is 0 Å². The Balaban J connectivity index is 1.69. The van der Waals surface area contributed by atoms with Gasteiger partial charge in [-0.05, 0) is 19.3 Å². The number of aliphatic hydroxyl groups excluding tert-OH is 8. The SMILES string of the molecule is CCCCCCCCCCCCCCCCCCCCCCCCCCCC/C=C/C(O)C(COC1OC(CO)C(OC2OC(CO)C(O)C(O)C2O)C(O)C1O)NC(=O)CCCCCCCCCCCCCCCCCC. The molecule has 0 radical (unpaired) electrons. The van der Waals surface area contributed by atoms with Crippen LogP contribution in [0.5, 0.6) is 0 Å². The predicted molar refractivity (Wildman–Crippen MR) is 314 cm³/mol. The van der Waals surface area contributed by atoms with Crippen LogP contribution in [0.4, 0.5) is 0 Å². The highest BCUT2D eigenvalue weighted by atomic mass is 16.7. The molecule has 1 amide bonds. The quantitative estimate of drug-likeness (QED) is 0.0204. The van der Waals surface area contributed by atoms with E-state index >= 15 is 0 Å². The van der Waals surface area contributed by atoms with Gasteiger partial charge in [0.1, 0.15) is 48.8 Å². The van der Waals surface area contributed by atoms with E-state index in [0.717, 1.165) is 38.5 Å². The van der Waals surface area contributed by atoms with Crippen LogP contribution in [0.15, 0.2) is 12.2 Å². The summed E-state index contributed by atoms with van der Waals surface area (Å²) in [5.74, 6) is -0.233. The second-order valence-corrected chi connectivity index (χ2v) is 23.6. The summed E-state index contributed by atoms with van der Waals surface area (Å²) >= 11 is 0. The normalized spacial score (nSPS) is 24.5. The minimum absolute atomic E-state index is 0.233. The van der Waals surface area contributed by atoms with Crippen molar-refractivity contribution in [1.82, 2.24) is 5.32 Å². The lowest BCUT2D eigenvalue weighted by Gasteiger charge is -2.46. The lowest BCUT2D eigenvalue weighted by atomic mass is 9.97. The first-order chi connectivity index (χ1) is 38.1. The molecule has 12 atom stereocenters. The molecule has 14 heteroatoms. The maximum absolute atomic E-state index is 13.3. The molecule has 2 fully saturated rings. The van der Waals surface area contributed by atoms with Gasteiger partial charge in [0.2, 0.25) is 5.91 Å². The highest BCUT2D eigenvalue weighted by Gasteiger charge is 2.51. The van der Waals surface area contributed by atoms with Crippen molar-refractivity contribution in [1.29, 1.82) is 0 Å². The zero-order valence-corrected chi connectivity index (χ0v) is 49.9. The summed E-state index contributed by atoms with van der Waals surface area (Å²) in [7, 11) is 0. The van der Waals surface area contributed by atoms with E-state index in [1.165, 1.54) is 231 Å². The number of carbonyl (C=O) groups excluding carboxylic acids is 1. The first-order valence-corrected chi connectivity index (χ1v) is 32.9. The zero-order chi connectivity index (χ0) is 56.7. The van der Waals surface area contributed by atoms with Crippen LogP contribution < -0.4 is 5.32 Å². The van der Waals surface area contributed by atoms with E-state index in [4.69, 9.17) is 18.9 Å². The van der Waals surface area contributed by atoms with E-state index < -0.39 is 86.8 Å². The van der Waals surface area contributed by atoms with Crippen LogP contribution >= 0.6 is 0 Å². The summed E-state index contributed by atoms with van der Waals surface area (Å²) < 4.78 is 22.8. The number of hydrogen-bond acceptors (Lipinski definition) is 13. The summed E-state index contributed by atoms with van der Waals surface area (Å²) in [6.07, 6.45) is 42.6. The van der Waals surface area contributed by atoms with Crippen LogP contribution in [0.25, 0.3) is 0 Å². The van der Waals surface area contributed by atoms with E-state index in [-0.39, 0.29) is 18.9 Å². The Kier molecular flexibility index (Phi) is 46.9. The Hall–Kier alpha value is -1.27. The second kappa shape index (κ2) is 50.3. The van der Waals surface area contributed by atoms with Crippen LogP contribution in [-0.4, -0.2) is 140 Å². The molecule has 9 N–H and O–H groups in total. The van der Waals surface area contributed by atoms with Crippen molar-refractivity contribution >= 4 is 5.91 Å². The van der Waals surface area contributed by atoms with Crippen molar-refractivity contribution in [3.05, 3.63) is 12.2 Å². The van der Waals surface area contributed by atoms with Crippen LogP contribution in [0.2, 0.25) is 0 Å². The predicted octanol–water partition coefficient (Wildman–Crippen LogP) is 12.2. The molecule has 14 nitrogen and oxygen atoms in total. The van der Waals surface area contributed by atoms with Crippen LogP contribution in [0.1, 0.15) is 296 Å². The third-order valence-corrected chi connectivity index (χ3v) is 16.5. The number of nitrogens with one attached hydrogen (secondary N) is 1. The third kappa shape index (κ3) is 35.0. The molecule has 2 heterocycles. The highest BCUT2D eigenvalue weighted by molar-refractivity contribution is 5.76. The van der Waals surface area contributed by atoms with Crippen molar-refractivity contribution < 1.29 is 64.6 Å². The molecule has 0 bridgehead atoms. The Morgan fingerprint density at radius 3 is 1.18 bits per heavy atom. The molecular formula is C64H123NO13. The summed E-state index contributed by atoms with van der Waals surface area (Å²) in [6, 6.07) is -0.910. The zero-order valence-electron chi connectivity index (χ0n) is 49.9. The van der Waals surface area contributed by atoms with Gasteiger partial charge in [-0.2, -0.15) is 0 Å². The average molecular weight is 1110 g/mol. The average Bonchev–Trinajstić information content (AvgIpc) is 3.45. The highest BCUT2D eigenvalue weighted by Crippen LogP contribution is 2.30. The number of aliphatic hydroxyl groups is 8. The molecule has 2 rings (SSSR count). The number of amides is 1. The van der Waals surface area contributed by atoms with Gasteiger partial charge in [0.05, 0.1) is 32.0 Å². The van der Waals surface area contributed by atoms with Crippen molar-refractivity contribution in [2.45, 2.75) is 370 Å². The second-order valence-electron chi connectivity index (χ2n) is 23.6. The minimum atomic E-state index is -1.79. The number of rotatable bonds is 54. The largest absolute Gasteiger partial charge is 0.394 e. The van der Waals surface area contributed by atoms with Gasteiger partial charge in [-0.3, -0.25) is 4.79 Å². The molecule has 0 aliphatic carbocycles. The number of carbonyl (C=O) groups is 1. The topological polar surface area (TPSA) is 228 Å². The minimum Gasteiger partial charge on any atom is -0.394 e. The van der Waals surface area contributed by atoms with Crippen LogP contribution in [0, 0.1) is 0 Å². The monoisotopic (exact) mass is 1110 g/mol. The Bertz CT molecular complexity index is 1360. The first-order valence-electron chi connectivity index (χ1n) is 32.9. The molecule has 2 saturated heterocycles. The molecule has 462 valence electrons. The van der Waals surface area contributed by atoms with Crippen LogP contribution in [0.3, 0.4) is 0 Å². The van der Waals surface area contributed by atoms with Gasteiger partial charge in [0.15, 0.2) is 12.6 Å². The van der Waals surface area contributed by atoms with Crippen molar-refractivity contribution in [2.24, 2.45) is 0 Å². The summed E-state index contributed by atoms with van der Waals surface area (Å²) in [4.78, 5) is 13.3. The fourth-order valence-electron chi connectivity index (χ4n) is 11.2. The Labute approximate surface area is 476 Å². The van der Waals surface area contributed by atoms with E-state index in [0.29, 0.717) is 6.42 Å². The molecule has 0 spiro atoms. The van der Waals surface area contributed by atoms with Gasteiger partial charge in [-0.15, -0.1) is 0 Å². The maximum atomic E-state index is 13.3. The molecule has 2 aliphatic heterocycles. The van der Waals surface area contributed by atoms with E-state index in [9.17, 15) is 45.6 Å². The maximum Gasteiger partial charge on any atom is 0.220 e.